The van der Waals surface area contributed by atoms with Crippen molar-refractivity contribution in [1.82, 2.24) is 9.80 Å². The van der Waals surface area contributed by atoms with E-state index in [1.54, 1.807) is 0 Å². The van der Waals surface area contributed by atoms with Gasteiger partial charge in [0.2, 0.25) is 0 Å². The molecule has 0 amide bonds. The molecule has 2 heteroatoms. The highest BCUT2D eigenvalue weighted by molar-refractivity contribution is 4.86. The van der Waals surface area contributed by atoms with Crippen LogP contribution in [0.5, 0.6) is 0 Å². The molecule has 1 atom stereocenters. The Morgan fingerprint density at radius 2 is 1.32 bits per heavy atom. The molecular weight excluding hydrogens is 232 g/mol. The van der Waals surface area contributed by atoms with Gasteiger partial charge in [-0.25, -0.2) is 0 Å². The highest BCUT2D eigenvalue weighted by atomic mass is 15.2. The zero-order valence-corrected chi connectivity index (χ0v) is 12.8. The van der Waals surface area contributed by atoms with Crippen LogP contribution in [0.15, 0.2) is 0 Å². The Bertz CT molecular complexity index is 264. The van der Waals surface area contributed by atoms with Gasteiger partial charge in [0.25, 0.3) is 0 Å². The summed E-state index contributed by atoms with van der Waals surface area (Å²) >= 11 is 0. The van der Waals surface area contributed by atoms with Gasteiger partial charge >= 0.3 is 0 Å². The Hall–Kier alpha value is -0.0800. The lowest BCUT2D eigenvalue weighted by molar-refractivity contribution is 0.0509. The lowest BCUT2D eigenvalue weighted by Crippen LogP contribution is -2.50. The molecule has 0 N–H and O–H groups in total. The minimum Gasteiger partial charge on any atom is -0.300 e. The molecule has 3 aliphatic rings. The topological polar surface area (TPSA) is 6.48 Å². The molecule has 0 aromatic heterocycles. The van der Waals surface area contributed by atoms with E-state index in [9.17, 15) is 0 Å². The van der Waals surface area contributed by atoms with Crippen LogP contribution in [0.2, 0.25) is 0 Å². The normalized spacial score (nSPS) is 33.6. The number of hydrogen-bond acceptors (Lipinski definition) is 2. The summed E-state index contributed by atoms with van der Waals surface area (Å²) in [6.07, 6.45) is 13.2. The molecule has 1 saturated carbocycles. The summed E-state index contributed by atoms with van der Waals surface area (Å²) in [6, 6.07) is 1.84. The summed E-state index contributed by atoms with van der Waals surface area (Å²) in [5.41, 5.74) is 0. The van der Waals surface area contributed by atoms with Gasteiger partial charge in [0.05, 0.1) is 0 Å². The molecule has 1 aliphatic carbocycles. The Kier molecular flexibility index (Phi) is 4.81. The summed E-state index contributed by atoms with van der Waals surface area (Å²) in [6.45, 7) is 7.93. The summed E-state index contributed by atoms with van der Waals surface area (Å²) in [4.78, 5) is 5.63. The fourth-order valence-corrected chi connectivity index (χ4v) is 4.62. The first-order chi connectivity index (χ1) is 9.33. The number of rotatable bonds is 2. The average molecular weight is 264 g/mol. The third-order valence-corrected chi connectivity index (χ3v) is 5.79. The fourth-order valence-electron chi connectivity index (χ4n) is 4.62. The molecule has 1 unspecified atom stereocenters. The monoisotopic (exact) mass is 264 g/mol. The molecule has 2 nitrogen and oxygen atoms in total. The van der Waals surface area contributed by atoms with E-state index in [-0.39, 0.29) is 0 Å². The predicted molar refractivity (Wildman–Crippen MR) is 81.4 cm³/mol. The fraction of sp³-hybridized carbons (Fsp3) is 1.00. The maximum absolute atomic E-state index is 2.82. The van der Waals surface area contributed by atoms with Gasteiger partial charge in [-0.05, 0) is 64.1 Å². The third kappa shape index (κ3) is 3.52. The molecule has 2 saturated heterocycles. The van der Waals surface area contributed by atoms with E-state index in [2.05, 4.69) is 16.7 Å². The lowest BCUT2D eigenvalue weighted by atomic mass is 9.91. The van der Waals surface area contributed by atoms with E-state index in [4.69, 9.17) is 0 Å². The van der Waals surface area contributed by atoms with Crippen molar-refractivity contribution in [1.29, 1.82) is 0 Å². The minimum absolute atomic E-state index is 0.905. The predicted octanol–water partition coefficient (Wildman–Crippen LogP) is 3.52. The van der Waals surface area contributed by atoms with Gasteiger partial charge in [-0.15, -0.1) is 0 Å². The molecule has 0 spiro atoms. The van der Waals surface area contributed by atoms with Gasteiger partial charge in [0, 0.05) is 18.6 Å². The summed E-state index contributed by atoms with van der Waals surface area (Å²) in [5, 5.41) is 0. The van der Waals surface area contributed by atoms with Crippen LogP contribution < -0.4 is 0 Å². The van der Waals surface area contributed by atoms with Crippen molar-refractivity contribution in [2.45, 2.75) is 76.8 Å². The molecule has 110 valence electrons. The lowest BCUT2D eigenvalue weighted by Gasteiger charge is -2.44. The molecule has 2 aliphatic heterocycles. The molecule has 3 rings (SSSR count). The first-order valence-electron chi connectivity index (χ1n) is 8.81. The van der Waals surface area contributed by atoms with Crippen molar-refractivity contribution >= 4 is 0 Å². The van der Waals surface area contributed by atoms with E-state index in [0.29, 0.717) is 0 Å². The van der Waals surface area contributed by atoms with Crippen LogP contribution in [0.4, 0.5) is 0 Å². The molecule has 0 radical (unpaired) electrons. The highest BCUT2D eigenvalue weighted by Gasteiger charge is 2.30. The Morgan fingerprint density at radius 3 is 2.00 bits per heavy atom. The smallest absolute Gasteiger partial charge is 0.0120 e. The number of hydrogen-bond donors (Lipinski definition) is 0. The molecule has 0 aromatic rings. The second kappa shape index (κ2) is 6.58. The van der Waals surface area contributed by atoms with Crippen molar-refractivity contribution in [3.63, 3.8) is 0 Å². The largest absolute Gasteiger partial charge is 0.300 e. The average Bonchev–Trinajstić information content (AvgIpc) is 2.48. The van der Waals surface area contributed by atoms with Crippen LogP contribution in [0, 0.1) is 5.92 Å². The van der Waals surface area contributed by atoms with Gasteiger partial charge in [0.1, 0.15) is 0 Å². The molecule has 0 bridgehead atoms. The van der Waals surface area contributed by atoms with Gasteiger partial charge in [-0.2, -0.15) is 0 Å². The first kappa shape index (κ1) is 13.9. The molecule has 0 aromatic carbocycles. The standard InChI is InChI=1S/C17H32N2/c1-15-6-5-11-19(14-15)17-9-12-18(13-10-17)16-7-3-2-4-8-16/h15-17H,2-14H2,1H3. The van der Waals surface area contributed by atoms with E-state index < -0.39 is 0 Å². The Balaban J connectivity index is 1.46. The second-order valence-corrected chi connectivity index (χ2v) is 7.30. The minimum atomic E-state index is 0.905. The summed E-state index contributed by atoms with van der Waals surface area (Å²) in [7, 11) is 0. The molecule has 3 fully saturated rings. The van der Waals surface area contributed by atoms with E-state index in [0.717, 1.165) is 18.0 Å². The number of likely N-dealkylation sites (tertiary alicyclic amines) is 2. The molecule has 2 heterocycles. The van der Waals surface area contributed by atoms with Crippen LogP contribution >= 0.6 is 0 Å². The quantitative estimate of drug-likeness (QED) is 0.753. The second-order valence-electron chi connectivity index (χ2n) is 7.30. The van der Waals surface area contributed by atoms with Crippen LogP contribution in [0.25, 0.3) is 0 Å². The van der Waals surface area contributed by atoms with E-state index in [1.807, 2.05) is 0 Å². The van der Waals surface area contributed by atoms with Gasteiger partial charge in [-0.3, -0.25) is 0 Å². The third-order valence-electron chi connectivity index (χ3n) is 5.79. The maximum Gasteiger partial charge on any atom is 0.0120 e. The van der Waals surface area contributed by atoms with Crippen LogP contribution in [-0.2, 0) is 0 Å². The van der Waals surface area contributed by atoms with Crippen LogP contribution in [0.3, 0.4) is 0 Å². The van der Waals surface area contributed by atoms with Crippen molar-refractivity contribution in [2.75, 3.05) is 26.2 Å². The van der Waals surface area contributed by atoms with Crippen LogP contribution in [0.1, 0.15) is 64.7 Å². The molecule has 19 heavy (non-hydrogen) atoms. The van der Waals surface area contributed by atoms with Gasteiger partial charge in [0.15, 0.2) is 0 Å². The van der Waals surface area contributed by atoms with E-state index >= 15 is 0 Å². The van der Waals surface area contributed by atoms with Gasteiger partial charge in [-0.1, -0.05) is 26.2 Å². The van der Waals surface area contributed by atoms with Crippen molar-refractivity contribution in [2.24, 2.45) is 5.92 Å². The van der Waals surface area contributed by atoms with Crippen molar-refractivity contribution in [3.8, 4) is 0 Å². The first-order valence-corrected chi connectivity index (χ1v) is 8.81. The van der Waals surface area contributed by atoms with Gasteiger partial charge < -0.3 is 9.80 Å². The van der Waals surface area contributed by atoms with Crippen molar-refractivity contribution < 1.29 is 0 Å². The van der Waals surface area contributed by atoms with Crippen LogP contribution in [-0.4, -0.2) is 48.1 Å². The maximum atomic E-state index is 2.82. The molecular formula is C17H32N2. The highest BCUT2D eigenvalue weighted by Crippen LogP contribution is 2.28. The number of piperidine rings is 2. The summed E-state index contributed by atoms with van der Waals surface area (Å²) < 4.78 is 0. The Morgan fingerprint density at radius 1 is 0.632 bits per heavy atom. The van der Waals surface area contributed by atoms with E-state index in [1.165, 1.54) is 84.0 Å². The Labute approximate surface area is 119 Å². The summed E-state index contributed by atoms with van der Waals surface area (Å²) in [5.74, 6) is 0.935. The van der Waals surface area contributed by atoms with Crippen molar-refractivity contribution in [3.05, 3.63) is 0 Å². The zero-order chi connectivity index (χ0) is 13.1. The number of nitrogens with zero attached hydrogens (tertiary/aromatic N) is 2. The SMILES string of the molecule is CC1CCCN(C2CCN(C3CCCCC3)CC2)C1. The zero-order valence-electron chi connectivity index (χ0n) is 12.8.